The predicted octanol–water partition coefficient (Wildman–Crippen LogP) is 2.48. The van der Waals surface area contributed by atoms with Gasteiger partial charge in [-0.1, -0.05) is 13.0 Å². The standard InChI is InChI=1S/C18H22N4O/c1-2-21-11-13-22(14-12-21)16-8-6-15(7-9-16)20-18(23)17-5-3-4-10-19-17/h3-10H,2,11-14H2,1H3,(H,20,23). The van der Waals surface area contributed by atoms with Gasteiger partial charge in [-0.25, -0.2) is 0 Å². The van der Waals surface area contributed by atoms with E-state index in [0.29, 0.717) is 5.69 Å². The van der Waals surface area contributed by atoms with Gasteiger partial charge in [0.05, 0.1) is 0 Å². The Balaban J connectivity index is 1.60. The van der Waals surface area contributed by atoms with Crippen LogP contribution in [-0.2, 0) is 0 Å². The van der Waals surface area contributed by atoms with Crippen molar-refractivity contribution < 1.29 is 4.79 Å². The molecule has 5 nitrogen and oxygen atoms in total. The lowest BCUT2D eigenvalue weighted by molar-refractivity contribution is 0.102. The number of amides is 1. The number of rotatable bonds is 4. The van der Waals surface area contributed by atoms with Gasteiger partial charge in [0, 0.05) is 43.8 Å². The van der Waals surface area contributed by atoms with E-state index in [2.05, 4.69) is 39.2 Å². The average Bonchev–Trinajstić information content (AvgIpc) is 2.63. The quantitative estimate of drug-likeness (QED) is 0.942. The van der Waals surface area contributed by atoms with E-state index in [1.54, 1.807) is 24.4 Å². The molecule has 120 valence electrons. The van der Waals surface area contributed by atoms with E-state index in [1.165, 1.54) is 5.69 Å². The fourth-order valence-corrected chi connectivity index (χ4v) is 2.77. The largest absolute Gasteiger partial charge is 0.369 e. The lowest BCUT2D eigenvalue weighted by atomic mass is 10.2. The summed E-state index contributed by atoms with van der Waals surface area (Å²) in [5.41, 5.74) is 2.42. The number of nitrogens with zero attached hydrogens (tertiary/aromatic N) is 3. The highest BCUT2D eigenvalue weighted by Gasteiger charge is 2.15. The maximum atomic E-state index is 12.1. The van der Waals surface area contributed by atoms with E-state index >= 15 is 0 Å². The summed E-state index contributed by atoms with van der Waals surface area (Å²) >= 11 is 0. The molecule has 0 unspecified atom stereocenters. The molecule has 0 radical (unpaired) electrons. The number of piperazine rings is 1. The van der Waals surface area contributed by atoms with Gasteiger partial charge in [-0.2, -0.15) is 0 Å². The van der Waals surface area contributed by atoms with Gasteiger partial charge in [-0.15, -0.1) is 0 Å². The molecule has 2 aromatic rings. The lowest BCUT2D eigenvalue weighted by Crippen LogP contribution is -2.46. The van der Waals surface area contributed by atoms with Crippen molar-refractivity contribution in [3.05, 3.63) is 54.4 Å². The molecule has 0 atom stereocenters. The minimum atomic E-state index is -0.185. The van der Waals surface area contributed by atoms with Gasteiger partial charge >= 0.3 is 0 Å². The second-order valence-corrected chi connectivity index (χ2v) is 5.64. The molecule has 3 rings (SSSR count). The number of carbonyl (C=O) groups excluding carboxylic acids is 1. The van der Waals surface area contributed by atoms with Crippen molar-refractivity contribution >= 4 is 17.3 Å². The average molecular weight is 310 g/mol. The summed E-state index contributed by atoms with van der Waals surface area (Å²) in [5, 5.41) is 2.88. The molecule has 23 heavy (non-hydrogen) atoms. The van der Waals surface area contributed by atoms with Crippen LogP contribution >= 0.6 is 0 Å². The zero-order valence-corrected chi connectivity index (χ0v) is 13.4. The number of hydrogen-bond acceptors (Lipinski definition) is 4. The fraction of sp³-hybridized carbons (Fsp3) is 0.333. The van der Waals surface area contributed by atoms with Crippen LogP contribution in [0.5, 0.6) is 0 Å². The Bertz CT molecular complexity index is 634. The number of aromatic nitrogens is 1. The third-order valence-electron chi connectivity index (χ3n) is 4.21. The highest BCUT2D eigenvalue weighted by atomic mass is 16.1. The molecular formula is C18H22N4O. The summed E-state index contributed by atoms with van der Waals surface area (Å²) in [6.07, 6.45) is 1.62. The molecule has 0 aliphatic carbocycles. The van der Waals surface area contributed by atoms with E-state index in [1.807, 2.05) is 12.1 Å². The van der Waals surface area contributed by atoms with Crippen LogP contribution in [0.15, 0.2) is 48.7 Å². The first-order valence-electron chi connectivity index (χ1n) is 8.06. The zero-order valence-electron chi connectivity index (χ0n) is 13.4. The Morgan fingerprint density at radius 1 is 1.09 bits per heavy atom. The highest BCUT2D eigenvalue weighted by Crippen LogP contribution is 2.19. The number of benzene rings is 1. The normalized spacial score (nSPS) is 15.4. The summed E-state index contributed by atoms with van der Waals surface area (Å²) in [6, 6.07) is 13.3. The minimum absolute atomic E-state index is 0.185. The van der Waals surface area contributed by atoms with Crippen LogP contribution in [0.25, 0.3) is 0 Å². The number of likely N-dealkylation sites (N-methyl/N-ethyl adjacent to an activating group) is 1. The highest BCUT2D eigenvalue weighted by molar-refractivity contribution is 6.02. The van der Waals surface area contributed by atoms with E-state index in [-0.39, 0.29) is 5.91 Å². The first-order valence-corrected chi connectivity index (χ1v) is 8.06. The first kappa shape index (κ1) is 15.5. The van der Waals surface area contributed by atoms with Crippen LogP contribution < -0.4 is 10.2 Å². The molecule has 0 spiro atoms. The van der Waals surface area contributed by atoms with Crippen molar-refractivity contribution in [2.45, 2.75) is 6.92 Å². The molecular weight excluding hydrogens is 288 g/mol. The molecule has 1 N–H and O–H groups in total. The molecule has 2 heterocycles. The smallest absolute Gasteiger partial charge is 0.274 e. The van der Waals surface area contributed by atoms with Crippen LogP contribution in [0.4, 0.5) is 11.4 Å². The van der Waals surface area contributed by atoms with Gasteiger partial charge in [0.25, 0.3) is 5.91 Å². The molecule has 1 fully saturated rings. The van der Waals surface area contributed by atoms with E-state index in [4.69, 9.17) is 0 Å². The minimum Gasteiger partial charge on any atom is -0.369 e. The predicted molar refractivity (Wildman–Crippen MR) is 93.0 cm³/mol. The summed E-state index contributed by atoms with van der Waals surface area (Å²) in [4.78, 5) is 21.0. The van der Waals surface area contributed by atoms with E-state index < -0.39 is 0 Å². The van der Waals surface area contributed by atoms with E-state index in [9.17, 15) is 4.79 Å². The van der Waals surface area contributed by atoms with Crippen LogP contribution in [0, 0.1) is 0 Å². The van der Waals surface area contributed by atoms with E-state index in [0.717, 1.165) is 38.4 Å². The number of anilines is 2. The Labute approximate surface area is 136 Å². The fourth-order valence-electron chi connectivity index (χ4n) is 2.77. The molecule has 1 amide bonds. The molecule has 0 bridgehead atoms. The van der Waals surface area contributed by atoms with Gasteiger partial charge in [-0.3, -0.25) is 9.78 Å². The van der Waals surface area contributed by atoms with Crippen molar-refractivity contribution in [1.82, 2.24) is 9.88 Å². The Kier molecular flexibility index (Phi) is 4.88. The number of nitrogens with one attached hydrogen (secondary N) is 1. The summed E-state index contributed by atoms with van der Waals surface area (Å²) in [6.45, 7) is 7.63. The molecule has 1 saturated heterocycles. The number of hydrogen-bond donors (Lipinski definition) is 1. The van der Waals surface area contributed by atoms with Crippen LogP contribution in [0.3, 0.4) is 0 Å². The van der Waals surface area contributed by atoms with Crippen molar-refractivity contribution in [2.24, 2.45) is 0 Å². The second kappa shape index (κ2) is 7.24. The Morgan fingerprint density at radius 2 is 1.83 bits per heavy atom. The molecule has 1 aliphatic heterocycles. The second-order valence-electron chi connectivity index (χ2n) is 5.64. The third-order valence-corrected chi connectivity index (χ3v) is 4.21. The van der Waals surface area contributed by atoms with Crippen molar-refractivity contribution in [2.75, 3.05) is 42.9 Å². The SMILES string of the molecule is CCN1CCN(c2ccc(NC(=O)c3ccccn3)cc2)CC1. The van der Waals surface area contributed by atoms with Crippen LogP contribution in [0.2, 0.25) is 0 Å². The third kappa shape index (κ3) is 3.87. The molecule has 1 aliphatic rings. The van der Waals surface area contributed by atoms with Gasteiger partial charge in [-0.05, 0) is 42.9 Å². The summed E-state index contributed by atoms with van der Waals surface area (Å²) in [7, 11) is 0. The van der Waals surface area contributed by atoms with Crippen molar-refractivity contribution in [3.8, 4) is 0 Å². The maximum Gasteiger partial charge on any atom is 0.274 e. The number of pyridine rings is 1. The Morgan fingerprint density at radius 3 is 2.43 bits per heavy atom. The molecule has 0 saturated carbocycles. The first-order chi connectivity index (χ1) is 11.3. The zero-order chi connectivity index (χ0) is 16.1. The van der Waals surface area contributed by atoms with Crippen LogP contribution in [0.1, 0.15) is 17.4 Å². The van der Waals surface area contributed by atoms with Gasteiger partial charge < -0.3 is 15.1 Å². The summed E-state index contributed by atoms with van der Waals surface area (Å²) < 4.78 is 0. The number of carbonyl (C=O) groups is 1. The topological polar surface area (TPSA) is 48.5 Å². The van der Waals surface area contributed by atoms with Crippen molar-refractivity contribution in [1.29, 1.82) is 0 Å². The van der Waals surface area contributed by atoms with Gasteiger partial charge in [0.15, 0.2) is 0 Å². The Hall–Kier alpha value is -2.40. The van der Waals surface area contributed by atoms with Crippen LogP contribution in [-0.4, -0.2) is 48.5 Å². The maximum absolute atomic E-state index is 12.1. The molecule has 5 heteroatoms. The monoisotopic (exact) mass is 310 g/mol. The summed E-state index contributed by atoms with van der Waals surface area (Å²) in [5.74, 6) is -0.185. The lowest BCUT2D eigenvalue weighted by Gasteiger charge is -2.35. The molecule has 1 aromatic heterocycles. The molecule has 1 aromatic carbocycles. The van der Waals surface area contributed by atoms with Gasteiger partial charge in [0.1, 0.15) is 5.69 Å². The van der Waals surface area contributed by atoms with Crippen molar-refractivity contribution in [3.63, 3.8) is 0 Å². The van der Waals surface area contributed by atoms with Gasteiger partial charge in [0.2, 0.25) is 0 Å².